The number of nitrogens with one attached hydrogen (secondary N) is 4. The van der Waals surface area contributed by atoms with Crippen molar-refractivity contribution in [1.82, 2.24) is 16.3 Å². The Morgan fingerprint density at radius 2 is 1.62 bits per heavy atom. The molecule has 0 aliphatic rings. The lowest BCUT2D eigenvalue weighted by Gasteiger charge is -2.20. The summed E-state index contributed by atoms with van der Waals surface area (Å²) in [7, 11) is 0. The van der Waals surface area contributed by atoms with Gasteiger partial charge in [0.1, 0.15) is 17.6 Å². The Labute approximate surface area is 178 Å². The number of amides is 1. The van der Waals surface area contributed by atoms with Gasteiger partial charge in [-0.05, 0) is 29.8 Å². The summed E-state index contributed by atoms with van der Waals surface area (Å²) < 4.78 is 0. The number of hydrogen-bond acceptors (Lipinski definition) is 5. The molecule has 0 radical (unpaired) electrons. The fourth-order valence-corrected chi connectivity index (χ4v) is 2.81. The normalized spacial score (nSPS) is 11.5. The number of carbonyl (C=O) groups is 1. The number of benzene rings is 3. The lowest BCUT2D eigenvalue weighted by molar-refractivity contribution is -0.122. The fourth-order valence-electron chi connectivity index (χ4n) is 2.51. The van der Waals surface area contributed by atoms with Gasteiger partial charge in [-0.3, -0.25) is 10.2 Å². The van der Waals surface area contributed by atoms with Crippen LogP contribution in [0.1, 0.15) is 17.2 Å². The van der Waals surface area contributed by atoms with Crippen LogP contribution in [-0.4, -0.2) is 11.7 Å². The Morgan fingerprint density at radius 1 is 0.897 bits per heavy atom. The highest BCUT2D eigenvalue weighted by Crippen LogP contribution is 2.18. The Bertz CT molecular complexity index is 981. The summed E-state index contributed by atoms with van der Waals surface area (Å²) in [5.74, 6) is 0.0211. The molecule has 0 aliphatic carbocycles. The van der Waals surface area contributed by atoms with E-state index in [4.69, 9.17) is 33.4 Å². The number of amidine groups is 1. The molecule has 0 spiro atoms. The number of hydrazine groups is 1. The van der Waals surface area contributed by atoms with Crippen molar-refractivity contribution in [2.24, 2.45) is 0 Å². The van der Waals surface area contributed by atoms with Crippen LogP contribution in [0.3, 0.4) is 0 Å². The first-order valence-corrected chi connectivity index (χ1v) is 9.42. The molecular weight excluding hydrogens is 411 g/mol. The lowest BCUT2D eigenvalue weighted by atomic mass is 10.1. The minimum absolute atomic E-state index is 0.00729. The van der Waals surface area contributed by atoms with E-state index in [0.29, 0.717) is 26.9 Å². The molecule has 0 heterocycles. The van der Waals surface area contributed by atoms with Crippen molar-refractivity contribution in [1.29, 1.82) is 5.41 Å². The maximum Gasteiger partial charge on any atom is 0.248 e. The lowest BCUT2D eigenvalue weighted by Crippen LogP contribution is -2.46. The first kappa shape index (κ1) is 20.8. The van der Waals surface area contributed by atoms with Crippen LogP contribution in [0, 0.1) is 5.41 Å². The summed E-state index contributed by atoms with van der Waals surface area (Å²) in [6.07, 6.45) is 0. The summed E-state index contributed by atoms with van der Waals surface area (Å²) in [6.45, 7) is 0. The highest BCUT2D eigenvalue weighted by atomic mass is 35.5. The summed E-state index contributed by atoms with van der Waals surface area (Å²) in [5.41, 5.74) is 6.61. The molecule has 29 heavy (non-hydrogen) atoms. The molecule has 1 amide bonds. The Balaban J connectivity index is 1.71. The van der Waals surface area contributed by atoms with Gasteiger partial charge in [-0.2, -0.15) is 0 Å². The van der Waals surface area contributed by atoms with Crippen LogP contribution in [-0.2, 0) is 4.79 Å². The smallest absolute Gasteiger partial charge is 0.248 e. The quantitative estimate of drug-likeness (QED) is 0.257. The van der Waals surface area contributed by atoms with E-state index in [2.05, 4.69) is 16.3 Å². The van der Waals surface area contributed by atoms with Gasteiger partial charge in [0.15, 0.2) is 0 Å². The second-order valence-corrected chi connectivity index (χ2v) is 6.89. The van der Waals surface area contributed by atoms with Gasteiger partial charge >= 0.3 is 0 Å². The van der Waals surface area contributed by atoms with Gasteiger partial charge in [0.2, 0.25) is 5.91 Å². The van der Waals surface area contributed by atoms with E-state index in [1.807, 2.05) is 6.07 Å². The Kier molecular flexibility index (Phi) is 7.21. The molecule has 3 rings (SSSR count). The van der Waals surface area contributed by atoms with E-state index >= 15 is 0 Å². The Hall–Kier alpha value is -2.90. The molecule has 0 saturated heterocycles. The summed E-state index contributed by atoms with van der Waals surface area (Å²) >= 11 is 11.9. The summed E-state index contributed by atoms with van der Waals surface area (Å²) in [4.78, 5) is 18.2. The van der Waals surface area contributed by atoms with Gasteiger partial charge in [0.25, 0.3) is 0 Å². The van der Waals surface area contributed by atoms with Gasteiger partial charge in [-0.25, -0.2) is 5.43 Å². The highest BCUT2D eigenvalue weighted by molar-refractivity contribution is 6.30. The summed E-state index contributed by atoms with van der Waals surface area (Å²) in [5, 5.41) is 11.8. The third kappa shape index (κ3) is 6.04. The molecule has 1 unspecified atom stereocenters. The molecule has 0 saturated carbocycles. The standard InChI is InChI=1S/C21H18Cl2N4O2/c22-16-11-9-14(10-12-16)19(26-27-29-18-8-4-7-17(23)13-18)21(28)25-20(24)15-5-2-1-3-6-15/h1-13,19,26-27H,(H2,24,25,28). The van der Waals surface area contributed by atoms with E-state index < -0.39 is 11.9 Å². The molecular formula is C21H18Cl2N4O2. The highest BCUT2D eigenvalue weighted by Gasteiger charge is 2.22. The van der Waals surface area contributed by atoms with E-state index in [0.717, 1.165) is 0 Å². The average molecular weight is 429 g/mol. The van der Waals surface area contributed by atoms with Gasteiger partial charge in [0.05, 0.1) is 0 Å². The Morgan fingerprint density at radius 3 is 2.31 bits per heavy atom. The van der Waals surface area contributed by atoms with Gasteiger partial charge in [-0.1, -0.05) is 77.3 Å². The molecule has 1 atom stereocenters. The second kappa shape index (κ2) is 10.0. The van der Waals surface area contributed by atoms with E-state index in [-0.39, 0.29) is 5.84 Å². The summed E-state index contributed by atoms with van der Waals surface area (Å²) in [6, 6.07) is 21.7. The van der Waals surface area contributed by atoms with Gasteiger partial charge in [0, 0.05) is 21.7 Å². The third-order valence-corrected chi connectivity index (χ3v) is 4.43. The number of carbonyl (C=O) groups excluding carboxylic acids is 1. The maximum atomic E-state index is 12.8. The number of halogens is 2. The first-order chi connectivity index (χ1) is 14.0. The van der Waals surface area contributed by atoms with Crippen LogP contribution in [0.5, 0.6) is 5.75 Å². The van der Waals surface area contributed by atoms with Crippen LogP contribution in [0.15, 0.2) is 78.9 Å². The molecule has 0 bridgehead atoms. The zero-order valence-electron chi connectivity index (χ0n) is 15.2. The molecule has 6 nitrogen and oxygen atoms in total. The molecule has 0 fully saturated rings. The largest absolute Gasteiger partial charge is 0.394 e. The van der Waals surface area contributed by atoms with E-state index in [9.17, 15) is 4.79 Å². The predicted molar refractivity (Wildman–Crippen MR) is 114 cm³/mol. The first-order valence-electron chi connectivity index (χ1n) is 8.66. The molecule has 3 aromatic carbocycles. The molecule has 0 aliphatic heterocycles. The van der Waals surface area contributed by atoms with Crippen LogP contribution >= 0.6 is 23.2 Å². The van der Waals surface area contributed by atoms with Crippen LogP contribution in [0.25, 0.3) is 0 Å². The third-order valence-electron chi connectivity index (χ3n) is 3.94. The molecule has 0 aromatic heterocycles. The van der Waals surface area contributed by atoms with Crippen molar-refractivity contribution in [3.63, 3.8) is 0 Å². The maximum absolute atomic E-state index is 12.8. The van der Waals surface area contributed by atoms with Crippen molar-refractivity contribution in [3.05, 3.63) is 100 Å². The van der Waals surface area contributed by atoms with Crippen molar-refractivity contribution >= 4 is 34.9 Å². The predicted octanol–water partition coefficient (Wildman–Crippen LogP) is 4.26. The minimum atomic E-state index is -0.851. The van der Waals surface area contributed by atoms with Crippen molar-refractivity contribution in [3.8, 4) is 5.75 Å². The molecule has 3 aromatic rings. The van der Waals surface area contributed by atoms with E-state index in [1.54, 1.807) is 72.8 Å². The fraction of sp³-hybridized carbons (Fsp3) is 0.0476. The van der Waals surface area contributed by atoms with Crippen molar-refractivity contribution in [2.45, 2.75) is 6.04 Å². The monoisotopic (exact) mass is 428 g/mol. The van der Waals surface area contributed by atoms with Crippen molar-refractivity contribution in [2.75, 3.05) is 0 Å². The van der Waals surface area contributed by atoms with Crippen LogP contribution in [0.2, 0.25) is 10.0 Å². The van der Waals surface area contributed by atoms with Crippen LogP contribution in [0.4, 0.5) is 0 Å². The second-order valence-electron chi connectivity index (χ2n) is 6.02. The SMILES string of the molecule is N=C(NC(=O)C(NNOc1cccc(Cl)c1)c1ccc(Cl)cc1)c1ccccc1. The number of hydrogen-bond donors (Lipinski definition) is 4. The minimum Gasteiger partial charge on any atom is -0.394 e. The van der Waals surface area contributed by atoms with Gasteiger partial charge in [-0.15, -0.1) is 0 Å². The van der Waals surface area contributed by atoms with E-state index in [1.165, 1.54) is 0 Å². The topological polar surface area (TPSA) is 86.2 Å². The zero-order chi connectivity index (χ0) is 20.6. The van der Waals surface area contributed by atoms with Gasteiger partial charge < -0.3 is 10.2 Å². The molecule has 148 valence electrons. The van der Waals surface area contributed by atoms with Crippen molar-refractivity contribution < 1.29 is 9.63 Å². The average Bonchev–Trinajstić information content (AvgIpc) is 2.73. The van der Waals surface area contributed by atoms with Crippen LogP contribution < -0.4 is 21.2 Å². The molecule has 4 N–H and O–H groups in total. The molecule has 8 heteroatoms. The zero-order valence-corrected chi connectivity index (χ0v) is 16.7. The number of rotatable bonds is 7.